The molecule has 0 atom stereocenters. The summed E-state index contributed by atoms with van der Waals surface area (Å²) in [5.41, 5.74) is 3.05. The first kappa shape index (κ1) is 14.3. The molecule has 4 nitrogen and oxygen atoms in total. The van der Waals surface area contributed by atoms with Crippen molar-refractivity contribution in [2.24, 2.45) is 0 Å². The number of anilines is 1. The number of aryl methyl sites for hydroxylation is 2. The van der Waals surface area contributed by atoms with Crippen molar-refractivity contribution in [3.8, 4) is 0 Å². The van der Waals surface area contributed by atoms with E-state index in [1.54, 1.807) is 0 Å². The number of ether oxygens (including phenoxy) is 1. The molecule has 0 saturated carbocycles. The molecule has 1 aromatic carbocycles. The maximum absolute atomic E-state index is 11.8. The number of nitrogens with one attached hydrogen (secondary N) is 1. The van der Waals surface area contributed by atoms with Crippen LogP contribution in [0.1, 0.15) is 16.8 Å². The zero-order valence-corrected chi connectivity index (χ0v) is 12.1. The molecule has 1 aromatic heterocycles. The Hall–Kier alpha value is -2.07. The van der Waals surface area contributed by atoms with E-state index in [-0.39, 0.29) is 11.8 Å². The van der Waals surface area contributed by atoms with Gasteiger partial charge in [0.2, 0.25) is 0 Å². The Morgan fingerprint density at radius 1 is 1.30 bits per heavy atom. The van der Waals surface area contributed by atoms with E-state index in [2.05, 4.69) is 10.3 Å². The smallest absolute Gasteiger partial charge is 0.412 e. The summed E-state index contributed by atoms with van der Waals surface area (Å²) in [6.07, 6.45) is -0.551. The van der Waals surface area contributed by atoms with Crippen LogP contribution < -0.4 is 5.32 Å². The minimum absolute atomic E-state index is 0.211. The Balaban J connectivity index is 1.98. The summed E-state index contributed by atoms with van der Waals surface area (Å²) in [4.78, 5) is 15.9. The number of amides is 1. The topological polar surface area (TPSA) is 51.2 Å². The maximum atomic E-state index is 11.8. The van der Waals surface area contributed by atoms with E-state index in [9.17, 15) is 4.79 Å². The highest BCUT2D eigenvalue weighted by atomic mass is 35.5. The summed E-state index contributed by atoms with van der Waals surface area (Å²) in [6.45, 7) is 3.91. The van der Waals surface area contributed by atoms with Gasteiger partial charge in [-0.15, -0.1) is 0 Å². The quantitative estimate of drug-likeness (QED) is 0.866. The molecule has 1 heterocycles. The largest absolute Gasteiger partial charge is 0.444 e. The van der Waals surface area contributed by atoms with Gasteiger partial charge in [0.25, 0.3) is 0 Å². The Labute approximate surface area is 122 Å². The fourth-order valence-corrected chi connectivity index (χ4v) is 2.13. The second-order valence-corrected chi connectivity index (χ2v) is 4.79. The molecule has 1 amide bonds. The second kappa shape index (κ2) is 6.39. The van der Waals surface area contributed by atoms with Crippen LogP contribution in [0, 0.1) is 13.8 Å². The van der Waals surface area contributed by atoms with Gasteiger partial charge >= 0.3 is 6.09 Å². The number of halogens is 1. The highest BCUT2D eigenvalue weighted by Gasteiger charge is 2.11. The third-order valence-electron chi connectivity index (χ3n) is 2.74. The third kappa shape index (κ3) is 3.71. The molecular weight excluding hydrogens is 276 g/mol. The van der Waals surface area contributed by atoms with Crippen LogP contribution in [0.4, 0.5) is 10.5 Å². The summed E-state index contributed by atoms with van der Waals surface area (Å²) >= 11 is 6.01. The lowest BCUT2D eigenvalue weighted by molar-refractivity contribution is 0.155. The summed E-state index contributed by atoms with van der Waals surface area (Å²) in [7, 11) is 0. The van der Waals surface area contributed by atoms with E-state index in [1.165, 1.54) is 0 Å². The van der Waals surface area contributed by atoms with E-state index in [4.69, 9.17) is 16.3 Å². The lowest BCUT2D eigenvalue weighted by atomic mass is 10.2. The molecule has 0 aliphatic carbocycles. The van der Waals surface area contributed by atoms with Gasteiger partial charge in [-0.25, -0.2) is 9.78 Å². The van der Waals surface area contributed by atoms with Crippen LogP contribution in [0.3, 0.4) is 0 Å². The normalized spacial score (nSPS) is 10.2. The summed E-state index contributed by atoms with van der Waals surface area (Å²) < 4.78 is 5.14. The predicted octanol–water partition coefficient (Wildman–Crippen LogP) is 4.10. The van der Waals surface area contributed by atoms with Gasteiger partial charge in [0, 0.05) is 5.69 Å². The van der Waals surface area contributed by atoms with Gasteiger partial charge in [-0.2, -0.15) is 0 Å². The van der Waals surface area contributed by atoms with Crippen molar-refractivity contribution < 1.29 is 9.53 Å². The van der Waals surface area contributed by atoms with Crippen molar-refractivity contribution in [3.05, 3.63) is 58.4 Å². The first-order valence-corrected chi connectivity index (χ1v) is 6.55. The van der Waals surface area contributed by atoms with Crippen molar-refractivity contribution in [2.45, 2.75) is 20.5 Å². The van der Waals surface area contributed by atoms with Crippen LogP contribution in [0.15, 0.2) is 36.4 Å². The first-order valence-electron chi connectivity index (χ1n) is 6.17. The molecule has 1 N–H and O–H groups in total. The number of carbonyl (C=O) groups excluding carboxylic acids is 1. The van der Waals surface area contributed by atoms with E-state index in [0.29, 0.717) is 5.69 Å². The molecule has 0 aliphatic heterocycles. The van der Waals surface area contributed by atoms with Gasteiger partial charge in [-0.3, -0.25) is 5.32 Å². The van der Waals surface area contributed by atoms with Gasteiger partial charge in [-0.05, 0) is 31.0 Å². The number of pyridine rings is 1. The van der Waals surface area contributed by atoms with Gasteiger partial charge in [0.15, 0.2) is 5.15 Å². The van der Waals surface area contributed by atoms with Crippen molar-refractivity contribution in [3.63, 3.8) is 0 Å². The molecule has 0 spiro atoms. The first-order chi connectivity index (χ1) is 9.56. The third-order valence-corrected chi connectivity index (χ3v) is 3.01. The molecule has 0 saturated heterocycles. The Morgan fingerprint density at radius 2 is 2.00 bits per heavy atom. The molecule has 2 rings (SSSR count). The molecule has 20 heavy (non-hydrogen) atoms. The van der Waals surface area contributed by atoms with Crippen molar-refractivity contribution in [1.29, 1.82) is 0 Å². The number of hydrogen-bond acceptors (Lipinski definition) is 3. The van der Waals surface area contributed by atoms with E-state index < -0.39 is 6.09 Å². The second-order valence-electron chi connectivity index (χ2n) is 4.43. The Bertz CT molecular complexity index is 592. The van der Waals surface area contributed by atoms with Crippen LogP contribution in [0.5, 0.6) is 0 Å². The van der Waals surface area contributed by atoms with Gasteiger partial charge in [0.1, 0.15) is 6.61 Å². The summed E-state index contributed by atoms with van der Waals surface area (Å²) in [6, 6.07) is 11.3. The number of carbonyl (C=O) groups is 1. The van der Waals surface area contributed by atoms with Crippen molar-refractivity contribution >= 4 is 23.4 Å². The zero-order chi connectivity index (χ0) is 14.5. The highest BCUT2D eigenvalue weighted by Crippen LogP contribution is 2.24. The molecule has 0 aliphatic rings. The molecule has 5 heteroatoms. The van der Waals surface area contributed by atoms with E-state index in [0.717, 1.165) is 16.8 Å². The molecule has 2 aromatic rings. The van der Waals surface area contributed by atoms with Crippen LogP contribution in [0.25, 0.3) is 0 Å². The molecular formula is C15H15ClN2O2. The van der Waals surface area contributed by atoms with E-state index in [1.807, 2.05) is 50.2 Å². The molecule has 0 radical (unpaired) electrons. The lowest BCUT2D eigenvalue weighted by Crippen LogP contribution is -2.15. The maximum Gasteiger partial charge on any atom is 0.412 e. The van der Waals surface area contributed by atoms with Gasteiger partial charge < -0.3 is 4.74 Å². The average molecular weight is 291 g/mol. The minimum atomic E-state index is -0.551. The molecule has 0 bridgehead atoms. The highest BCUT2D eigenvalue weighted by molar-refractivity contribution is 6.32. The fraction of sp³-hybridized carbons (Fsp3) is 0.200. The van der Waals surface area contributed by atoms with Crippen LogP contribution in [0.2, 0.25) is 5.15 Å². The summed E-state index contributed by atoms with van der Waals surface area (Å²) in [5, 5.41) is 2.88. The molecule has 0 fully saturated rings. The Kier molecular flexibility index (Phi) is 4.58. The number of nitrogens with zero attached hydrogens (tertiary/aromatic N) is 1. The lowest BCUT2D eigenvalue weighted by Gasteiger charge is -2.11. The number of aromatic nitrogens is 1. The number of rotatable bonds is 3. The monoisotopic (exact) mass is 290 g/mol. The Morgan fingerprint density at radius 3 is 2.65 bits per heavy atom. The van der Waals surface area contributed by atoms with Crippen molar-refractivity contribution in [1.82, 2.24) is 4.98 Å². The SMILES string of the molecule is Cc1cc(C)c(NC(=O)OCc2ccccc2)c(Cl)n1. The average Bonchev–Trinajstić information content (AvgIpc) is 2.42. The molecule has 104 valence electrons. The fourth-order valence-electron chi connectivity index (χ4n) is 1.80. The zero-order valence-electron chi connectivity index (χ0n) is 11.3. The van der Waals surface area contributed by atoms with E-state index >= 15 is 0 Å². The minimum Gasteiger partial charge on any atom is -0.444 e. The molecule has 0 unspecified atom stereocenters. The number of benzene rings is 1. The van der Waals surface area contributed by atoms with Crippen LogP contribution >= 0.6 is 11.6 Å². The summed E-state index contributed by atoms with van der Waals surface area (Å²) in [5.74, 6) is 0. The van der Waals surface area contributed by atoms with Crippen molar-refractivity contribution in [2.75, 3.05) is 5.32 Å². The predicted molar refractivity (Wildman–Crippen MR) is 79.0 cm³/mol. The standard InChI is InChI=1S/C15H15ClN2O2/c1-10-8-11(2)17-14(16)13(10)18-15(19)20-9-12-6-4-3-5-7-12/h3-8H,9H2,1-2H3,(H,18,19). The van der Waals surface area contributed by atoms with Crippen LogP contribution in [-0.4, -0.2) is 11.1 Å². The number of hydrogen-bond donors (Lipinski definition) is 1. The van der Waals surface area contributed by atoms with Gasteiger partial charge in [-0.1, -0.05) is 41.9 Å². The van der Waals surface area contributed by atoms with Crippen LogP contribution in [-0.2, 0) is 11.3 Å². The van der Waals surface area contributed by atoms with Gasteiger partial charge in [0.05, 0.1) is 5.69 Å².